The van der Waals surface area contributed by atoms with E-state index in [9.17, 15) is 9.18 Å². The minimum Gasteiger partial charge on any atom is -0.495 e. The second-order valence-electron chi connectivity index (χ2n) is 4.05. The molecule has 0 saturated carbocycles. The Bertz CT molecular complexity index is 710. The Labute approximate surface area is 121 Å². The molecule has 0 spiro atoms. The number of hydrogen-bond acceptors (Lipinski definition) is 3. The molecule has 2 N–H and O–H groups in total. The number of para-hydroxylation sites is 2. The molecule has 0 aliphatic rings. The first-order valence-corrected chi connectivity index (χ1v) is 6.05. The number of halogens is 1. The Hall–Kier alpha value is -3.07. The quantitative estimate of drug-likeness (QED) is 0.908. The standard InChI is InChI=1S/C15H12FN3O2/c1-21-13-8-4-5-10(9-17)14(13)19-15(20)18-12-7-3-2-6-11(12)16/h2-8H,1H3,(H2,18,19,20). The van der Waals surface area contributed by atoms with E-state index in [4.69, 9.17) is 10.00 Å². The van der Waals surface area contributed by atoms with Gasteiger partial charge in [-0.15, -0.1) is 0 Å². The fourth-order valence-corrected chi connectivity index (χ4v) is 1.75. The monoisotopic (exact) mass is 285 g/mol. The summed E-state index contributed by atoms with van der Waals surface area (Å²) in [7, 11) is 1.43. The van der Waals surface area contributed by atoms with Crippen LogP contribution in [0.2, 0.25) is 0 Å². The van der Waals surface area contributed by atoms with Crippen molar-refractivity contribution in [1.29, 1.82) is 5.26 Å². The van der Waals surface area contributed by atoms with Crippen molar-refractivity contribution in [1.82, 2.24) is 0 Å². The lowest BCUT2D eigenvalue weighted by atomic mass is 10.2. The van der Waals surface area contributed by atoms with Crippen LogP contribution in [0.15, 0.2) is 42.5 Å². The Morgan fingerprint density at radius 2 is 1.95 bits per heavy atom. The number of hydrogen-bond donors (Lipinski definition) is 2. The van der Waals surface area contributed by atoms with E-state index < -0.39 is 11.8 Å². The van der Waals surface area contributed by atoms with Crippen molar-refractivity contribution < 1.29 is 13.9 Å². The highest BCUT2D eigenvalue weighted by Gasteiger charge is 2.13. The van der Waals surface area contributed by atoms with Gasteiger partial charge in [-0.1, -0.05) is 18.2 Å². The second-order valence-corrected chi connectivity index (χ2v) is 4.05. The summed E-state index contributed by atoms with van der Waals surface area (Å²) in [5.41, 5.74) is 0.526. The van der Waals surface area contributed by atoms with Crippen LogP contribution >= 0.6 is 0 Å². The molecule has 2 amide bonds. The molecule has 6 heteroatoms. The molecular formula is C15H12FN3O2. The summed E-state index contributed by atoms with van der Waals surface area (Å²) in [4.78, 5) is 11.9. The van der Waals surface area contributed by atoms with Crippen LogP contribution in [0.5, 0.6) is 5.75 Å². The zero-order valence-corrected chi connectivity index (χ0v) is 11.2. The molecule has 0 radical (unpaired) electrons. The van der Waals surface area contributed by atoms with Crippen LogP contribution in [0, 0.1) is 17.1 Å². The third-order valence-electron chi connectivity index (χ3n) is 2.73. The summed E-state index contributed by atoms with van der Waals surface area (Å²) < 4.78 is 18.6. The van der Waals surface area contributed by atoms with Crippen molar-refractivity contribution in [2.75, 3.05) is 17.7 Å². The molecule has 21 heavy (non-hydrogen) atoms. The zero-order chi connectivity index (χ0) is 15.2. The topological polar surface area (TPSA) is 74.1 Å². The fraction of sp³-hybridized carbons (Fsp3) is 0.0667. The lowest BCUT2D eigenvalue weighted by Crippen LogP contribution is -2.21. The molecular weight excluding hydrogens is 273 g/mol. The van der Waals surface area contributed by atoms with Crippen molar-refractivity contribution >= 4 is 17.4 Å². The zero-order valence-electron chi connectivity index (χ0n) is 11.2. The van der Waals surface area contributed by atoms with Crippen molar-refractivity contribution in [2.45, 2.75) is 0 Å². The molecule has 2 rings (SSSR count). The molecule has 0 aromatic heterocycles. The minimum absolute atomic E-state index is 0.0448. The largest absolute Gasteiger partial charge is 0.495 e. The maximum Gasteiger partial charge on any atom is 0.323 e. The van der Waals surface area contributed by atoms with E-state index >= 15 is 0 Å². The number of carbonyl (C=O) groups is 1. The number of nitriles is 1. The van der Waals surface area contributed by atoms with Crippen molar-refractivity contribution in [3.8, 4) is 11.8 Å². The van der Waals surface area contributed by atoms with Gasteiger partial charge < -0.3 is 15.4 Å². The minimum atomic E-state index is -0.666. The summed E-state index contributed by atoms with van der Waals surface area (Å²) in [6, 6.07) is 11.9. The molecule has 2 aromatic rings. The average molecular weight is 285 g/mol. The molecule has 0 heterocycles. The molecule has 0 bridgehead atoms. The number of urea groups is 1. The smallest absolute Gasteiger partial charge is 0.323 e. The molecule has 0 fully saturated rings. The summed E-state index contributed by atoms with van der Waals surface area (Å²) in [6.07, 6.45) is 0. The van der Waals surface area contributed by atoms with E-state index in [1.165, 1.54) is 25.3 Å². The van der Waals surface area contributed by atoms with Crippen LogP contribution in [0.4, 0.5) is 20.6 Å². The first-order valence-electron chi connectivity index (χ1n) is 6.05. The Morgan fingerprint density at radius 3 is 2.62 bits per heavy atom. The third kappa shape index (κ3) is 3.28. The van der Waals surface area contributed by atoms with Crippen molar-refractivity contribution in [2.24, 2.45) is 0 Å². The molecule has 0 unspecified atom stereocenters. The van der Waals surface area contributed by atoms with E-state index in [1.807, 2.05) is 6.07 Å². The van der Waals surface area contributed by atoms with E-state index in [0.29, 0.717) is 5.75 Å². The summed E-state index contributed by atoms with van der Waals surface area (Å²) in [6.45, 7) is 0. The van der Waals surface area contributed by atoms with E-state index in [0.717, 1.165) is 0 Å². The number of amides is 2. The lowest BCUT2D eigenvalue weighted by molar-refractivity contribution is 0.262. The van der Waals surface area contributed by atoms with Crippen molar-refractivity contribution in [3.63, 3.8) is 0 Å². The number of benzene rings is 2. The highest BCUT2D eigenvalue weighted by molar-refractivity contribution is 6.01. The van der Waals surface area contributed by atoms with E-state index in [1.54, 1.807) is 24.3 Å². The van der Waals surface area contributed by atoms with Gasteiger partial charge in [0, 0.05) is 0 Å². The van der Waals surface area contributed by atoms with Crippen LogP contribution in [0.25, 0.3) is 0 Å². The second kappa shape index (κ2) is 6.39. The van der Waals surface area contributed by atoms with Gasteiger partial charge in [0.2, 0.25) is 0 Å². The predicted octanol–water partition coefficient (Wildman–Crippen LogP) is 3.35. The normalized spacial score (nSPS) is 9.57. The Morgan fingerprint density at radius 1 is 1.19 bits per heavy atom. The molecule has 0 atom stereocenters. The fourth-order valence-electron chi connectivity index (χ4n) is 1.75. The van der Waals surface area contributed by atoms with Crippen LogP contribution < -0.4 is 15.4 Å². The maximum atomic E-state index is 13.5. The van der Waals surface area contributed by atoms with Gasteiger partial charge in [0.05, 0.1) is 18.4 Å². The van der Waals surface area contributed by atoms with Crippen LogP contribution in [0.1, 0.15) is 5.56 Å². The number of anilines is 2. The highest BCUT2D eigenvalue weighted by atomic mass is 19.1. The summed E-state index contributed by atoms with van der Waals surface area (Å²) in [5.74, 6) is -0.203. The Balaban J connectivity index is 2.21. The Kier molecular flexibility index (Phi) is 4.36. The number of nitrogens with zero attached hydrogens (tertiary/aromatic N) is 1. The molecule has 0 aliphatic heterocycles. The van der Waals surface area contributed by atoms with Crippen LogP contribution in [-0.2, 0) is 0 Å². The van der Waals surface area contributed by atoms with Gasteiger partial charge in [-0.3, -0.25) is 0 Å². The molecule has 0 aliphatic carbocycles. The molecule has 0 saturated heterocycles. The molecule has 5 nitrogen and oxygen atoms in total. The molecule has 2 aromatic carbocycles. The third-order valence-corrected chi connectivity index (χ3v) is 2.73. The first kappa shape index (κ1) is 14.3. The number of methoxy groups -OCH3 is 1. The van der Waals surface area contributed by atoms with E-state index in [2.05, 4.69) is 10.6 Å². The van der Waals surface area contributed by atoms with Gasteiger partial charge >= 0.3 is 6.03 Å². The summed E-state index contributed by atoms with van der Waals surface area (Å²) >= 11 is 0. The predicted molar refractivity (Wildman–Crippen MR) is 76.8 cm³/mol. The number of nitrogens with one attached hydrogen (secondary N) is 2. The number of rotatable bonds is 3. The SMILES string of the molecule is COc1cccc(C#N)c1NC(=O)Nc1ccccc1F. The lowest BCUT2D eigenvalue weighted by Gasteiger charge is -2.12. The van der Waals surface area contributed by atoms with Gasteiger partial charge in [0.1, 0.15) is 23.3 Å². The highest BCUT2D eigenvalue weighted by Crippen LogP contribution is 2.28. The van der Waals surface area contributed by atoms with Crippen molar-refractivity contribution in [3.05, 3.63) is 53.8 Å². The van der Waals surface area contributed by atoms with Gasteiger partial charge in [0.15, 0.2) is 0 Å². The van der Waals surface area contributed by atoms with Crippen LogP contribution in [-0.4, -0.2) is 13.1 Å². The first-order chi connectivity index (χ1) is 10.2. The van der Waals surface area contributed by atoms with Gasteiger partial charge in [0.25, 0.3) is 0 Å². The van der Waals surface area contributed by atoms with Gasteiger partial charge in [-0.25, -0.2) is 9.18 Å². The summed E-state index contributed by atoms with van der Waals surface area (Å²) in [5, 5.41) is 13.9. The molecule has 106 valence electrons. The maximum absolute atomic E-state index is 13.5. The van der Waals surface area contributed by atoms with Gasteiger partial charge in [-0.2, -0.15) is 5.26 Å². The van der Waals surface area contributed by atoms with Crippen LogP contribution in [0.3, 0.4) is 0 Å². The number of carbonyl (C=O) groups excluding carboxylic acids is 1. The number of ether oxygens (including phenoxy) is 1. The van der Waals surface area contributed by atoms with Gasteiger partial charge in [-0.05, 0) is 24.3 Å². The van der Waals surface area contributed by atoms with E-state index in [-0.39, 0.29) is 16.9 Å². The average Bonchev–Trinajstić information content (AvgIpc) is 2.49.